The van der Waals surface area contributed by atoms with Gasteiger partial charge in [0.15, 0.2) is 5.69 Å². The molecule has 0 spiro atoms. The second kappa shape index (κ2) is 6.89. The molecule has 0 aliphatic carbocycles. The molecule has 0 unspecified atom stereocenters. The Morgan fingerprint density at radius 1 is 1.27 bits per heavy atom. The number of hydrogen-bond donors (Lipinski definition) is 3. The summed E-state index contributed by atoms with van der Waals surface area (Å²) in [6, 6.07) is 7.17. The fourth-order valence-electron chi connectivity index (χ4n) is 2.16. The van der Waals surface area contributed by atoms with Gasteiger partial charge in [-0.05, 0) is 36.6 Å². The Morgan fingerprint density at radius 3 is 2.73 bits per heavy atom. The minimum absolute atomic E-state index is 0.171. The van der Waals surface area contributed by atoms with Gasteiger partial charge in [0.2, 0.25) is 0 Å². The Kier molecular flexibility index (Phi) is 4.93. The van der Waals surface area contributed by atoms with Crippen molar-refractivity contribution in [1.82, 2.24) is 10.3 Å². The van der Waals surface area contributed by atoms with E-state index in [2.05, 4.69) is 17.2 Å². The minimum Gasteiger partial charge on any atom is -0.505 e. The van der Waals surface area contributed by atoms with Gasteiger partial charge < -0.3 is 15.5 Å². The van der Waals surface area contributed by atoms with E-state index in [9.17, 15) is 14.7 Å². The van der Waals surface area contributed by atoms with Gasteiger partial charge in [-0.15, -0.1) is 0 Å². The molecule has 2 aromatic rings. The molecule has 1 heterocycles. The Bertz CT molecular complexity index is 713. The summed E-state index contributed by atoms with van der Waals surface area (Å²) in [6.45, 7) is 1.60. The van der Waals surface area contributed by atoms with Crippen molar-refractivity contribution >= 4 is 22.8 Å². The summed E-state index contributed by atoms with van der Waals surface area (Å²) in [5.41, 5.74) is 1.56. The van der Waals surface area contributed by atoms with Crippen molar-refractivity contribution in [2.75, 3.05) is 6.54 Å². The van der Waals surface area contributed by atoms with E-state index in [4.69, 9.17) is 5.11 Å². The number of aromatic hydroxyl groups is 1. The van der Waals surface area contributed by atoms with E-state index in [0.29, 0.717) is 5.52 Å². The number of carboxylic acids is 1. The summed E-state index contributed by atoms with van der Waals surface area (Å²) in [5, 5.41) is 21.4. The smallest absolute Gasteiger partial charge is 0.322 e. The van der Waals surface area contributed by atoms with Crippen LogP contribution in [-0.2, 0) is 11.2 Å². The van der Waals surface area contributed by atoms with Gasteiger partial charge >= 0.3 is 5.97 Å². The maximum Gasteiger partial charge on any atom is 0.322 e. The molecular weight excluding hydrogens is 284 g/mol. The molecule has 0 aliphatic rings. The maximum absolute atomic E-state index is 11.8. The predicted molar refractivity (Wildman–Crippen MR) is 82.0 cm³/mol. The monoisotopic (exact) mass is 302 g/mol. The van der Waals surface area contributed by atoms with Crippen molar-refractivity contribution in [1.29, 1.82) is 0 Å². The number of rotatable bonds is 6. The highest BCUT2D eigenvalue weighted by molar-refractivity contribution is 5.99. The molecule has 1 aromatic heterocycles. The van der Waals surface area contributed by atoms with Crippen LogP contribution >= 0.6 is 0 Å². The van der Waals surface area contributed by atoms with Gasteiger partial charge in [-0.1, -0.05) is 19.4 Å². The average molecular weight is 302 g/mol. The molecular formula is C16H18N2O4. The largest absolute Gasteiger partial charge is 0.505 e. The third-order valence-corrected chi connectivity index (χ3v) is 3.29. The summed E-state index contributed by atoms with van der Waals surface area (Å²) >= 11 is 0. The molecule has 0 atom stereocenters. The first-order valence-electron chi connectivity index (χ1n) is 7.14. The van der Waals surface area contributed by atoms with Crippen LogP contribution in [-0.4, -0.2) is 33.6 Å². The topological polar surface area (TPSA) is 99.5 Å². The third kappa shape index (κ3) is 3.72. The van der Waals surface area contributed by atoms with E-state index in [-0.39, 0.29) is 11.4 Å². The van der Waals surface area contributed by atoms with Crippen LogP contribution < -0.4 is 5.32 Å². The van der Waals surface area contributed by atoms with Gasteiger partial charge in [0.25, 0.3) is 5.91 Å². The summed E-state index contributed by atoms with van der Waals surface area (Å²) in [7, 11) is 0. The molecule has 0 saturated heterocycles. The van der Waals surface area contributed by atoms with Crippen LogP contribution in [0, 0.1) is 0 Å². The van der Waals surface area contributed by atoms with Gasteiger partial charge in [0.05, 0.1) is 5.52 Å². The summed E-state index contributed by atoms with van der Waals surface area (Å²) < 4.78 is 0. The van der Waals surface area contributed by atoms with Crippen molar-refractivity contribution in [2.45, 2.75) is 26.2 Å². The number of amides is 1. The maximum atomic E-state index is 11.8. The number of fused-ring (bicyclic) bond motifs is 1. The molecule has 3 N–H and O–H groups in total. The van der Waals surface area contributed by atoms with Crippen molar-refractivity contribution in [2.24, 2.45) is 0 Å². The van der Waals surface area contributed by atoms with E-state index < -0.39 is 18.4 Å². The zero-order valence-electron chi connectivity index (χ0n) is 12.3. The Hall–Kier alpha value is -2.63. The van der Waals surface area contributed by atoms with Gasteiger partial charge in [0.1, 0.15) is 12.3 Å². The zero-order valence-corrected chi connectivity index (χ0v) is 12.3. The first-order chi connectivity index (χ1) is 10.5. The first-order valence-corrected chi connectivity index (χ1v) is 7.14. The van der Waals surface area contributed by atoms with Crippen molar-refractivity contribution in [3.8, 4) is 5.75 Å². The van der Waals surface area contributed by atoms with Crippen molar-refractivity contribution in [3.63, 3.8) is 0 Å². The number of carbonyl (C=O) groups is 2. The highest BCUT2D eigenvalue weighted by atomic mass is 16.4. The molecule has 0 bridgehead atoms. The molecule has 0 saturated carbocycles. The fraction of sp³-hybridized carbons (Fsp3) is 0.312. The number of benzene rings is 1. The molecule has 0 fully saturated rings. The molecule has 116 valence electrons. The molecule has 1 amide bonds. The van der Waals surface area contributed by atoms with Crippen LogP contribution in [0.4, 0.5) is 0 Å². The average Bonchev–Trinajstić information content (AvgIpc) is 2.49. The number of aliphatic carboxylic acids is 1. The van der Waals surface area contributed by atoms with Crippen molar-refractivity contribution in [3.05, 3.63) is 35.5 Å². The standard InChI is InChI=1S/C16H18N2O4/c1-2-3-4-10-5-6-12-11(7-10)8-13(19)15(18-12)16(22)17-9-14(20)21/h5-8,19H,2-4,9H2,1H3,(H,17,22)(H,20,21). The number of carbonyl (C=O) groups excluding carboxylic acids is 1. The van der Waals surface area contributed by atoms with E-state index in [0.717, 1.165) is 30.2 Å². The highest BCUT2D eigenvalue weighted by Gasteiger charge is 2.15. The SMILES string of the molecule is CCCCc1ccc2nc(C(=O)NCC(=O)O)c(O)cc2c1. The summed E-state index contributed by atoms with van der Waals surface area (Å²) in [5.74, 6) is -2.13. The lowest BCUT2D eigenvalue weighted by Gasteiger charge is -2.07. The second-order valence-corrected chi connectivity index (χ2v) is 5.06. The molecule has 6 heteroatoms. The first kappa shape index (κ1) is 15.8. The Morgan fingerprint density at radius 2 is 2.05 bits per heavy atom. The molecule has 0 aliphatic heterocycles. The Balaban J connectivity index is 2.29. The number of carboxylic acid groups (broad SMARTS) is 1. The normalized spacial score (nSPS) is 10.6. The molecule has 6 nitrogen and oxygen atoms in total. The molecule has 0 radical (unpaired) electrons. The summed E-state index contributed by atoms with van der Waals surface area (Å²) in [4.78, 5) is 26.4. The van der Waals surface area contributed by atoms with Crippen LogP contribution in [0.3, 0.4) is 0 Å². The quantitative estimate of drug-likeness (QED) is 0.759. The number of unbranched alkanes of at least 4 members (excludes halogenated alkanes) is 1. The van der Waals surface area contributed by atoms with Crippen LogP contribution in [0.15, 0.2) is 24.3 Å². The number of nitrogens with zero attached hydrogens (tertiary/aromatic N) is 1. The fourth-order valence-corrected chi connectivity index (χ4v) is 2.16. The molecule has 1 aromatic carbocycles. The summed E-state index contributed by atoms with van der Waals surface area (Å²) in [6.07, 6.45) is 3.14. The van der Waals surface area contributed by atoms with E-state index in [1.165, 1.54) is 6.07 Å². The lowest BCUT2D eigenvalue weighted by molar-refractivity contribution is -0.135. The lowest BCUT2D eigenvalue weighted by atomic mass is 10.1. The van der Waals surface area contributed by atoms with E-state index in [1.807, 2.05) is 12.1 Å². The van der Waals surface area contributed by atoms with Crippen LogP contribution in [0.5, 0.6) is 5.75 Å². The van der Waals surface area contributed by atoms with Gasteiger partial charge in [-0.3, -0.25) is 9.59 Å². The zero-order chi connectivity index (χ0) is 16.1. The van der Waals surface area contributed by atoms with Gasteiger partial charge in [-0.2, -0.15) is 0 Å². The third-order valence-electron chi connectivity index (χ3n) is 3.29. The lowest BCUT2D eigenvalue weighted by Crippen LogP contribution is -2.29. The molecule has 2 rings (SSSR count). The van der Waals surface area contributed by atoms with Gasteiger partial charge in [0, 0.05) is 5.39 Å². The minimum atomic E-state index is -1.16. The number of aromatic nitrogens is 1. The van der Waals surface area contributed by atoms with Crippen LogP contribution in [0.2, 0.25) is 0 Å². The van der Waals surface area contributed by atoms with Crippen LogP contribution in [0.1, 0.15) is 35.8 Å². The number of pyridine rings is 1. The van der Waals surface area contributed by atoms with Gasteiger partial charge in [-0.25, -0.2) is 4.98 Å². The van der Waals surface area contributed by atoms with Crippen LogP contribution in [0.25, 0.3) is 10.9 Å². The van der Waals surface area contributed by atoms with Crippen molar-refractivity contribution < 1.29 is 19.8 Å². The Labute approximate surface area is 127 Å². The van der Waals surface area contributed by atoms with E-state index in [1.54, 1.807) is 6.07 Å². The highest BCUT2D eigenvalue weighted by Crippen LogP contribution is 2.23. The second-order valence-electron chi connectivity index (χ2n) is 5.06. The number of nitrogens with one attached hydrogen (secondary N) is 1. The predicted octanol–water partition coefficient (Wildman–Crippen LogP) is 2.10. The molecule has 22 heavy (non-hydrogen) atoms. The number of aryl methyl sites for hydroxylation is 1. The van der Waals surface area contributed by atoms with E-state index >= 15 is 0 Å². The number of hydrogen-bond acceptors (Lipinski definition) is 4.